The van der Waals surface area contributed by atoms with Gasteiger partial charge in [-0.15, -0.1) is 0 Å². The summed E-state index contributed by atoms with van der Waals surface area (Å²) in [6, 6.07) is 6.03. The van der Waals surface area contributed by atoms with E-state index < -0.39 is 10.9 Å². The van der Waals surface area contributed by atoms with Gasteiger partial charge in [-0.25, -0.2) is 4.79 Å². The molecule has 0 aliphatic carbocycles. The van der Waals surface area contributed by atoms with Gasteiger partial charge in [-0.1, -0.05) is 19.1 Å². The van der Waals surface area contributed by atoms with Crippen molar-refractivity contribution < 1.29 is 19.2 Å². The first-order valence-electron chi connectivity index (χ1n) is 6.16. The van der Waals surface area contributed by atoms with Gasteiger partial charge in [-0.3, -0.25) is 10.1 Å². The van der Waals surface area contributed by atoms with Gasteiger partial charge in [0.15, 0.2) is 0 Å². The molecule has 0 spiro atoms. The Labute approximate surface area is 116 Å². The summed E-state index contributed by atoms with van der Waals surface area (Å²) >= 11 is 0. The first-order chi connectivity index (χ1) is 9.48. The fourth-order valence-corrected chi connectivity index (χ4v) is 1.73. The van der Waals surface area contributed by atoms with Crippen molar-refractivity contribution in [3.8, 4) is 0 Å². The summed E-state index contributed by atoms with van der Waals surface area (Å²) in [7, 11) is 0. The third kappa shape index (κ3) is 3.64. The van der Waals surface area contributed by atoms with E-state index in [0.29, 0.717) is 25.4 Å². The lowest BCUT2D eigenvalue weighted by Gasteiger charge is -2.36. The van der Waals surface area contributed by atoms with Gasteiger partial charge in [0.1, 0.15) is 6.61 Å². The third-order valence-corrected chi connectivity index (χ3v) is 2.96. The molecule has 1 aliphatic heterocycles. The van der Waals surface area contributed by atoms with Crippen LogP contribution in [0, 0.1) is 15.5 Å². The highest BCUT2D eigenvalue weighted by molar-refractivity contribution is 5.87. The second-order valence-electron chi connectivity index (χ2n) is 5.10. The van der Waals surface area contributed by atoms with Crippen LogP contribution in [0.3, 0.4) is 0 Å². The Morgan fingerprint density at radius 3 is 2.90 bits per heavy atom. The molecule has 1 aliphatic rings. The maximum Gasteiger partial charge on any atom is 0.330 e. The number of benzene rings is 1. The maximum atomic E-state index is 11.5. The normalized spacial score (nSPS) is 16.6. The van der Waals surface area contributed by atoms with Gasteiger partial charge < -0.3 is 9.47 Å². The van der Waals surface area contributed by atoms with Crippen LogP contribution in [0.25, 0.3) is 6.08 Å². The lowest BCUT2D eigenvalue weighted by molar-refractivity contribution is -0.384. The number of rotatable bonds is 5. The van der Waals surface area contributed by atoms with Crippen molar-refractivity contribution in [3.05, 3.63) is 46.0 Å². The summed E-state index contributed by atoms with van der Waals surface area (Å²) in [6.07, 6.45) is 2.76. The average Bonchev–Trinajstić information content (AvgIpc) is 2.41. The monoisotopic (exact) mass is 277 g/mol. The molecule has 1 heterocycles. The minimum Gasteiger partial charge on any atom is -0.462 e. The van der Waals surface area contributed by atoms with Crippen molar-refractivity contribution in [2.75, 3.05) is 19.8 Å². The molecule has 0 N–H and O–H groups in total. The van der Waals surface area contributed by atoms with Gasteiger partial charge in [0.2, 0.25) is 0 Å². The van der Waals surface area contributed by atoms with Crippen LogP contribution < -0.4 is 0 Å². The Hall–Kier alpha value is -2.21. The molecule has 0 aromatic heterocycles. The largest absolute Gasteiger partial charge is 0.462 e. The molecular weight excluding hydrogens is 262 g/mol. The molecule has 0 bridgehead atoms. The SMILES string of the molecule is CC1(COC(=O)C=Cc2cccc([N+](=O)[O-])c2)COC1. The Morgan fingerprint density at radius 1 is 1.55 bits per heavy atom. The number of nitrogens with zero attached hydrogens (tertiary/aromatic N) is 1. The lowest BCUT2D eigenvalue weighted by Crippen LogP contribution is -2.43. The van der Waals surface area contributed by atoms with Gasteiger partial charge >= 0.3 is 5.97 Å². The first-order valence-corrected chi connectivity index (χ1v) is 6.16. The van der Waals surface area contributed by atoms with E-state index in [9.17, 15) is 14.9 Å². The van der Waals surface area contributed by atoms with Crippen molar-refractivity contribution in [2.45, 2.75) is 6.92 Å². The van der Waals surface area contributed by atoms with Gasteiger partial charge in [0.05, 0.1) is 18.1 Å². The van der Waals surface area contributed by atoms with E-state index in [1.165, 1.54) is 24.3 Å². The molecule has 6 heteroatoms. The quantitative estimate of drug-likeness (QED) is 0.357. The molecule has 1 fully saturated rings. The molecular formula is C14H15NO5. The molecule has 0 saturated carbocycles. The van der Waals surface area contributed by atoms with Gasteiger partial charge in [0.25, 0.3) is 5.69 Å². The zero-order chi connectivity index (χ0) is 14.6. The van der Waals surface area contributed by atoms with Crippen molar-refractivity contribution >= 4 is 17.7 Å². The molecule has 106 valence electrons. The molecule has 2 rings (SSSR count). The molecule has 20 heavy (non-hydrogen) atoms. The third-order valence-electron chi connectivity index (χ3n) is 2.96. The van der Waals surface area contributed by atoms with Crippen LogP contribution in [-0.2, 0) is 14.3 Å². The molecule has 0 radical (unpaired) electrons. The first kappa shape index (κ1) is 14.2. The fraction of sp³-hybridized carbons (Fsp3) is 0.357. The van der Waals surface area contributed by atoms with E-state index >= 15 is 0 Å². The van der Waals surface area contributed by atoms with Crippen molar-refractivity contribution in [1.29, 1.82) is 0 Å². The molecule has 0 unspecified atom stereocenters. The molecule has 0 amide bonds. The number of hydrogen-bond donors (Lipinski definition) is 0. The van der Waals surface area contributed by atoms with Crippen LogP contribution >= 0.6 is 0 Å². The van der Waals surface area contributed by atoms with Crippen LogP contribution in [0.4, 0.5) is 5.69 Å². The van der Waals surface area contributed by atoms with Gasteiger partial charge in [-0.05, 0) is 11.6 Å². The van der Waals surface area contributed by atoms with Gasteiger partial charge in [-0.2, -0.15) is 0 Å². The van der Waals surface area contributed by atoms with E-state index in [2.05, 4.69) is 0 Å². The van der Waals surface area contributed by atoms with Crippen LogP contribution in [0.15, 0.2) is 30.3 Å². The topological polar surface area (TPSA) is 78.7 Å². The Balaban J connectivity index is 1.89. The number of esters is 1. The van der Waals surface area contributed by atoms with E-state index in [4.69, 9.17) is 9.47 Å². The second-order valence-corrected chi connectivity index (χ2v) is 5.10. The van der Waals surface area contributed by atoms with E-state index in [1.807, 2.05) is 6.92 Å². The Bertz CT molecular complexity index is 548. The molecule has 1 aromatic rings. The zero-order valence-corrected chi connectivity index (χ0v) is 11.1. The summed E-state index contributed by atoms with van der Waals surface area (Å²) in [5, 5.41) is 10.6. The summed E-state index contributed by atoms with van der Waals surface area (Å²) in [5.41, 5.74) is 0.476. The molecule has 6 nitrogen and oxygen atoms in total. The number of carbonyl (C=O) groups excluding carboxylic acids is 1. The lowest BCUT2D eigenvalue weighted by atomic mass is 9.90. The van der Waals surface area contributed by atoms with E-state index in [1.54, 1.807) is 12.1 Å². The maximum absolute atomic E-state index is 11.5. The highest BCUT2D eigenvalue weighted by Crippen LogP contribution is 2.26. The zero-order valence-electron chi connectivity index (χ0n) is 11.1. The summed E-state index contributed by atoms with van der Waals surface area (Å²) < 4.78 is 10.2. The molecule has 0 atom stereocenters. The highest BCUT2D eigenvalue weighted by Gasteiger charge is 2.34. The molecule has 1 aromatic carbocycles. The van der Waals surface area contributed by atoms with Crippen molar-refractivity contribution in [1.82, 2.24) is 0 Å². The van der Waals surface area contributed by atoms with E-state index in [-0.39, 0.29) is 11.1 Å². The van der Waals surface area contributed by atoms with Crippen LogP contribution in [0.2, 0.25) is 0 Å². The van der Waals surface area contributed by atoms with E-state index in [0.717, 1.165) is 0 Å². The fourth-order valence-electron chi connectivity index (χ4n) is 1.73. The number of ether oxygens (including phenoxy) is 2. The number of non-ortho nitro benzene ring substituents is 1. The van der Waals surface area contributed by atoms with Crippen LogP contribution in [0.5, 0.6) is 0 Å². The Morgan fingerprint density at radius 2 is 2.30 bits per heavy atom. The Kier molecular flexibility index (Phi) is 4.14. The number of nitro groups is 1. The number of nitro benzene ring substituents is 1. The highest BCUT2D eigenvalue weighted by atomic mass is 16.6. The second kappa shape index (κ2) is 5.83. The summed E-state index contributed by atoms with van der Waals surface area (Å²) in [5.74, 6) is -0.468. The standard InChI is InChI=1S/C14H15NO5/c1-14(8-19-9-14)10-20-13(16)6-5-11-3-2-4-12(7-11)15(17)18/h2-7H,8-10H2,1H3. The minimum atomic E-state index is -0.479. The minimum absolute atomic E-state index is 0.0142. The summed E-state index contributed by atoms with van der Waals surface area (Å²) in [6.45, 7) is 3.48. The van der Waals surface area contributed by atoms with Gasteiger partial charge in [0, 0.05) is 23.6 Å². The number of carbonyl (C=O) groups is 1. The predicted molar refractivity (Wildman–Crippen MR) is 72.0 cm³/mol. The smallest absolute Gasteiger partial charge is 0.330 e. The average molecular weight is 277 g/mol. The van der Waals surface area contributed by atoms with Crippen molar-refractivity contribution in [2.24, 2.45) is 5.41 Å². The van der Waals surface area contributed by atoms with Crippen molar-refractivity contribution in [3.63, 3.8) is 0 Å². The predicted octanol–water partition coefficient (Wildman–Crippen LogP) is 2.19. The molecule has 1 saturated heterocycles. The number of hydrogen-bond acceptors (Lipinski definition) is 5. The van der Waals surface area contributed by atoms with Crippen LogP contribution in [0.1, 0.15) is 12.5 Å². The summed E-state index contributed by atoms with van der Waals surface area (Å²) in [4.78, 5) is 21.7. The van der Waals surface area contributed by atoms with Crippen LogP contribution in [-0.4, -0.2) is 30.7 Å².